The van der Waals surface area contributed by atoms with Crippen molar-refractivity contribution in [1.82, 2.24) is 19.6 Å². The maximum absolute atomic E-state index is 12.8. The molecule has 0 radical (unpaired) electrons. The maximum atomic E-state index is 12.8. The standard InChI is InChI=1S/C19H30N4O2/c1-21(11-5-6-15-12-20-22(2)13-15)19(25)16-9-10-18(24)23(14-16)17-7-3-4-8-17/h12-13,16-17H,3-11,14H2,1-2H3/t16-/m0/s1. The van der Waals surface area contributed by atoms with Crippen LogP contribution in [0.1, 0.15) is 50.5 Å². The van der Waals surface area contributed by atoms with Gasteiger partial charge in [-0.15, -0.1) is 0 Å². The summed E-state index contributed by atoms with van der Waals surface area (Å²) in [5, 5.41) is 4.17. The van der Waals surface area contributed by atoms with E-state index in [0.29, 0.717) is 25.4 Å². The van der Waals surface area contributed by atoms with E-state index in [2.05, 4.69) is 5.10 Å². The summed E-state index contributed by atoms with van der Waals surface area (Å²) in [7, 11) is 3.81. The van der Waals surface area contributed by atoms with Gasteiger partial charge in [0.2, 0.25) is 11.8 Å². The van der Waals surface area contributed by atoms with Gasteiger partial charge in [0.15, 0.2) is 0 Å². The molecule has 25 heavy (non-hydrogen) atoms. The minimum atomic E-state index is -0.0262. The molecule has 6 nitrogen and oxygen atoms in total. The molecule has 1 aromatic rings. The van der Waals surface area contributed by atoms with Crippen LogP contribution in [0.25, 0.3) is 0 Å². The van der Waals surface area contributed by atoms with Crippen LogP contribution in [-0.2, 0) is 23.1 Å². The van der Waals surface area contributed by atoms with Gasteiger partial charge in [-0.05, 0) is 37.7 Å². The van der Waals surface area contributed by atoms with Crippen LogP contribution in [0.5, 0.6) is 0 Å². The van der Waals surface area contributed by atoms with Crippen LogP contribution >= 0.6 is 0 Å². The van der Waals surface area contributed by atoms with Crippen LogP contribution in [-0.4, -0.2) is 57.6 Å². The van der Waals surface area contributed by atoms with Crippen molar-refractivity contribution in [3.63, 3.8) is 0 Å². The Labute approximate surface area is 150 Å². The summed E-state index contributed by atoms with van der Waals surface area (Å²) in [6, 6.07) is 0.374. The number of hydrogen-bond donors (Lipinski definition) is 0. The zero-order chi connectivity index (χ0) is 17.8. The smallest absolute Gasteiger partial charge is 0.227 e. The zero-order valence-electron chi connectivity index (χ0n) is 15.5. The Bertz CT molecular complexity index is 606. The normalized spacial score (nSPS) is 21.8. The van der Waals surface area contributed by atoms with Crippen LogP contribution in [0, 0.1) is 5.92 Å². The molecular formula is C19H30N4O2. The Morgan fingerprint density at radius 2 is 2.08 bits per heavy atom. The van der Waals surface area contributed by atoms with Gasteiger partial charge in [0.05, 0.1) is 12.1 Å². The predicted octanol–water partition coefficient (Wildman–Crippen LogP) is 1.99. The van der Waals surface area contributed by atoms with Gasteiger partial charge in [0, 0.05) is 45.8 Å². The molecule has 2 fully saturated rings. The van der Waals surface area contributed by atoms with E-state index in [4.69, 9.17) is 0 Å². The molecule has 2 amide bonds. The average molecular weight is 346 g/mol. The lowest BCUT2D eigenvalue weighted by Crippen LogP contribution is -2.49. The Hall–Kier alpha value is -1.85. The second kappa shape index (κ2) is 8.02. The van der Waals surface area contributed by atoms with Crippen LogP contribution in [0.3, 0.4) is 0 Å². The van der Waals surface area contributed by atoms with E-state index in [-0.39, 0.29) is 17.7 Å². The molecular weight excluding hydrogens is 316 g/mol. The highest BCUT2D eigenvalue weighted by Crippen LogP contribution is 2.29. The molecule has 1 aromatic heterocycles. The van der Waals surface area contributed by atoms with Crippen LogP contribution in [0.2, 0.25) is 0 Å². The first kappa shape index (κ1) is 18.0. The van der Waals surface area contributed by atoms with Gasteiger partial charge < -0.3 is 9.80 Å². The fraction of sp³-hybridized carbons (Fsp3) is 0.737. The lowest BCUT2D eigenvalue weighted by Gasteiger charge is -2.37. The molecule has 1 aliphatic carbocycles. The topological polar surface area (TPSA) is 58.4 Å². The number of likely N-dealkylation sites (tertiary alicyclic amines) is 1. The molecule has 2 heterocycles. The monoisotopic (exact) mass is 346 g/mol. The number of nitrogens with zero attached hydrogens (tertiary/aromatic N) is 4. The first-order valence-electron chi connectivity index (χ1n) is 9.56. The van der Waals surface area contributed by atoms with Crippen molar-refractivity contribution in [2.75, 3.05) is 20.1 Å². The molecule has 1 aliphatic heterocycles. The quantitative estimate of drug-likeness (QED) is 0.791. The molecule has 138 valence electrons. The minimum absolute atomic E-state index is 0.0262. The molecule has 3 rings (SSSR count). The van der Waals surface area contributed by atoms with E-state index in [1.165, 1.54) is 18.4 Å². The summed E-state index contributed by atoms with van der Waals surface area (Å²) in [6.07, 6.45) is 11.6. The third kappa shape index (κ3) is 4.41. The molecule has 1 saturated heterocycles. The number of carbonyl (C=O) groups excluding carboxylic acids is 2. The SMILES string of the molecule is CN(CCCc1cnn(C)c1)C(=O)[C@H]1CCC(=O)N(C2CCCC2)C1. The number of amides is 2. The van der Waals surface area contributed by atoms with E-state index in [1.807, 2.05) is 36.3 Å². The number of aromatic nitrogens is 2. The first-order valence-corrected chi connectivity index (χ1v) is 9.56. The van der Waals surface area contributed by atoms with Crippen LogP contribution < -0.4 is 0 Å². The van der Waals surface area contributed by atoms with Crippen molar-refractivity contribution in [1.29, 1.82) is 0 Å². The van der Waals surface area contributed by atoms with E-state index >= 15 is 0 Å². The summed E-state index contributed by atoms with van der Waals surface area (Å²) in [5.74, 6) is 0.415. The maximum Gasteiger partial charge on any atom is 0.227 e. The van der Waals surface area contributed by atoms with Crippen molar-refractivity contribution in [2.45, 2.75) is 57.4 Å². The van der Waals surface area contributed by atoms with Crippen molar-refractivity contribution >= 4 is 11.8 Å². The molecule has 6 heteroatoms. The largest absolute Gasteiger partial charge is 0.345 e. The van der Waals surface area contributed by atoms with Crippen molar-refractivity contribution in [2.24, 2.45) is 13.0 Å². The third-order valence-corrected chi connectivity index (χ3v) is 5.65. The van der Waals surface area contributed by atoms with Crippen LogP contribution in [0.15, 0.2) is 12.4 Å². The Morgan fingerprint density at radius 1 is 1.32 bits per heavy atom. The second-order valence-electron chi connectivity index (χ2n) is 7.61. The van der Waals surface area contributed by atoms with Crippen molar-refractivity contribution < 1.29 is 9.59 Å². The van der Waals surface area contributed by atoms with E-state index in [1.54, 1.807) is 4.68 Å². The van der Waals surface area contributed by atoms with Gasteiger partial charge in [0.25, 0.3) is 0 Å². The molecule has 0 unspecified atom stereocenters. The Balaban J connectivity index is 1.48. The summed E-state index contributed by atoms with van der Waals surface area (Å²) in [6.45, 7) is 1.37. The number of rotatable bonds is 6. The van der Waals surface area contributed by atoms with Gasteiger partial charge in [-0.1, -0.05) is 12.8 Å². The predicted molar refractivity (Wildman–Crippen MR) is 95.9 cm³/mol. The summed E-state index contributed by atoms with van der Waals surface area (Å²) in [5.41, 5.74) is 1.21. The van der Waals surface area contributed by atoms with Gasteiger partial charge in [-0.3, -0.25) is 14.3 Å². The number of hydrogen-bond acceptors (Lipinski definition) is 3. The highest BCUT2D eigenvalue weighted by atomic mass is 16.2. The number of carbonyl (C=O) groups is 2. The highest BCUT2D eigenvalue weighted by molar-refractivity contribution is 5.84. The fourth-order valence-electron chi connectivity index (χ4n) is 4.19. The summed E-state index contributed by atoms with van der Waals surface area (Å²) < 4.78 is 1.81. The van der Waals surface area contributed by atoms with Gasteiger partial charge >= 0.3 is 0 Å². The number of piperidine rings is 1. The Morgan fingerprint density at radius 3 is 2.76 bits per heavy atom. The molecule has 2 aliphatic rings. The van der Waals surface area contributed by atoms with Crippen molar-refractivity contribution in [3.05, 3.63) is 18.0 Å². The fourth-order valence-corrected chi connectivity index (χ4v) is 4.19. The summed E-state index contributed by atoms with van der Waals surface area (Å²) in [4.78, 5) is 28.9. The minimum Gasteiger partial charge on any atom is -0.345 e. The average Bonchev–Trinajstić information content (AvgIpc) is 3.26. The molecule has 0 bridgehead atoms. The number of aryl methyl sites for hydroxylation is 2. The van der Waals surface area contributed by atoms with Crippen LogP contribution in [0.4, 0.5) is 0 Å². The highest BCUT2D eigenvalue weighted by Gasteiger charge is 2.35. The van der Waals surface area contributed by atoms with E-state index in [0.717, 1.165) is 32.2 Å². The molecule has 1 saturated carbocycles. The molecule has 0 aromatic carbocycles. The molecule has 1 atom stereocenters. The first-order chi connectivity index (χ1) is 12.0. The van der Waals surface area contributed by atoms with Gasteiger partial charge in [-0.2, -0.15) is 5.10 Å². The summed E-state index contributed by atoms with van der Waals surface area (Å²) >= 11 is 0. The van der Waals surface area contributed by atoms with Crippen molar-refractivity contribution in [3.8, 4) is 0 Å². The second-order valence-corrected chi connectivity index (χ2v) is 7.61. The third-order valence-electron chi connectivity index (χ3n) is 5.65. The van der Waals surface area contributed by atoms with Gasteiger partial charge in [-0.25, -0.2) is 0 Å². The Kier molecular flexibility index (Phi) is 5.76. The van der Waals surface area contributed by atoms with Gasteiger partial charge in [0.1, 0.15) is 0 Å². The molecule has 0 spiro atoms. The van der Waals surface area contributed by atoms with E-state index < -0.39 is 0 Å². The van der Waals surface area contributed by atoms with E-state index in [9.17, 15) is 9.59 Å². The molecule has 0 N–H and O–H groups in total. The lowest BCUT2D eigenvalue weighted by atomic mass is 9.94. The lowest BCUT2D eigenvalue weighted by molar-refractivity contribution is -0.144. The zero-order valence-corrected chi connectivity index (χ0v) is 15.5.